The summed E-state index contributed by atoms with van der Waals surface area (Å²) in [5.41, 5.74) is 0.589. The molecule has 0 bridgehead atoms. The Morgan fingerprint density at radius 3 is 2.50 bits per heavy atom. The molecule has 172 valence electrons. The van der Waals surface area contributed by atoms with Crippen molar-refractivity contribution in [3.63, 3.8) is 0 Å². The number of hydrogen-bond donors (Lipinski definition) is 3. The molecule has 1 aromatic heterocycles. The summed E-state index contributed by atoms with van der Waals surface area (Å²) in [7, 11) is 0. The Balaban J connectivity index is 1.79. The van der Waals surface area contributed by atoms with Crippen molar-refractivity contribution < 1.29 is 23.9 Å². The molecular formula is C23H29FN4O4. The molecule has 2 aromatic rings. The third-order valence-electron chi connectivity index (χ3n) is 6.14. The highest BCUT2D eigenvalue weighted by molar-refractivity contribution is 6.42. The Bertz CT molecular complexity index is 926. The number of rotatable bonds is 11. The number of halogens is 1. The van der Waals surface area contributed by atoms with Gasteiger partial charge in [-0.25, -0.2) is 9.18 Å². The van der Waals surface area contributed by atoms with E-state index in [9.17, 15) is 23.9 Å². The first-order chi connectivity index (χ1) is 15.3. The number of aromatic amines is 1. The largest absolute Gasteiger partial charge is 0.465 e. The van der Waals surface area contributed by atoms with Gasteiger partial charge in [0.1, 0.15) is 17.7 Å². The van der Waals surface area contributed by atoms with Crippen molar-refractivity contribution in [2.45, 2.75) is 57.9 Å². The highest BCUT2D eigenvalue weighted by Gasteiger charge is 2.43. The van der Waals surface area contributed by atoms with E-state index in [1.807, 2.05) is 6.92 Å². The van der Waals surface area contributed by atoms with Gasteiger partial charge in [-0.2, -0.15) is 5.10 Å². The van der Waals surface area contributed by atoms with E-state index in [0.29, 0.717) is 12.8 Å². The number of carbonyl (C=O) groups excluding carboxylic acids is 2. The maximum atomic E-state index is 13.3. The topological polar surface area (TPSA) is 115 Å². The molecule has 0 saturated heterocycles. The lowest BCUT2D eigenvalue weighted by atomic mass is 9.65. The van der Waals surface area contributed by atoms with Crippen LogP contribution in [0.15, 0.2) is 36.5 Å². The Kier molecular flexibility index (Phi) is 7.61. The van der Waals surface area contributed by atoms with Crippen molar-refractivity contribution in [2.75, 3.05) is 11.9 Å². The van der Waals surface area contributed by atoms with E-state index in [1.165, 1.54) is 24.4 Å². The minimum absolute atomic E-state index is 0.150. The molecule has 9 heteroatoms. The zero-order chi connectivity index (χ0) is 23.1. The summed E-state index contributed by atoms with van der Waals surface area (Å²) >= 11 is 0. The summed E-state index contributed by atoms with van der Waals surface area (Å²) in [6.07, 6.45) is 5.03. The van der Waals surface area contributed by atoms with Crippen LogP contribution in [0.1, 0.15) is 51.0 Å². The van der Waals surface area contributed by atoms with Gasteiger partial charge in [0.25, 0.3) is 5.91 Å². The smallest absolute Gasteiger partial charge is 0.407 e. The lowest BCUT2D eigenvalue weighted by Gasteiger charge is -2.46. The molecule has 8 nitrogen and oxygen atoms in total. The number of nitrogens with one attached hydrogen (secondary N) is 2. The van der Waals surface area contributed by atoms with E-state index in [2.05, 4.69) is 15.5 Å². The number of hydrogen-bond acceptors (Lipinski definition) is 4. The highest BCUT2D eigenvalue weighted by atomic mass is 19.1. The minimum Gasteiger partial charge on any atom is -0.465 e. The van der Waals surface area contributed by atoms with Gasteiger partial charge in [-0.3, -0.25) is 19.6 Å². The number of aromatic nitrogens is 2. The second-order valence-electron chi connectivity index (χ2n) is 8.51. The van der Waals surface area contributed by atoms with E-state index < -0.39 is 23.8 Å². The quantitative estimate of drug-likeness (QED) is 0.453. The number of carboxylic acid groups (broad SMARTS) is 1. The van der Waals surface area contributed by atoms with Crippen LogP contribution in [0.2, 0.25) is 0 Å². The molecule has 1 aliphatic carbocycles. The number of Topliss-reactive ketones (excluding diaryl/α,β-unsaturated/α-hetero) is 1. The van der Waals surface area contributed by atoms with Crippen LogP contribution in [0.4, 0.5) is 15.0 Å². The predicted molar refractivity (Wildman–Crippen MR) is 117 cm³/mol. The predicted octanol–water partition coefficient (Wildman–Crippen LogP) is 4.01. The van der Waals surface area contributed by atoms with Crippen LogP contribution >= 0.6 is 0 Å². The molecule has 1 saturated carbocycles. The number of ketones is 1. The second kappa shape index (κ2) is 10.4. The van der Waals surface area contributed by atoms with Gasteiger partial charge in [-0.05, 0) is 48.8 Å². The summed E-state index contributed by atoms with van der Waals surface area (Å²) in [4.78, 5) is 38.9. The average Bonchev–Trinajstić information content (AvgIpc) is 3.25. The van der Waals surface area contributed by atoms with Gasteiger partial charge >= 0.3 is 6.09 Å². The number of H-pyrrole nitrogens is 1. The number of anilines is 1. The number of amides is 2. The Hall–Kier alpha value is -3.23. The first-order valence-electron chi connectivity index (χ1n) is 10.9. The SMILES string of the molecule is CCCC[C@@H](C(=O)C(=O)Nc1ccn[nH]1)N(CC1(Cc2ccc(F)cc2)CCC1)C(=O)O. The third-order valence-corrected chi connectivity index (χ3v) is 6.14. The molecule has 2 amide bonds. The van der Waals surface area contributed by atoms with E-state index in [4.69, 9.17) is 0 Å². The highest BCUT2D eigenvalue weighted by Crippen LogP contribution is 2.45. The maximum Gasteiger partial charge on any atom is 0.407 e. The average molecular weight is 445 g/mol. The maximum absolute atomic E-state index is 13.3. The van der Waals surface area contributed by atoms with Gasteiger partial charge in [0, 0.05) is 12.6 Å². The van der Waals surface area contributed by atoms with Gasteiger partial charge in [0.05, 0.1) is 6.20 Å². The summed E-state index contributed by atoms with van der Waals surface area (Å²) < 4.78 is 13.3. The van der Waals surface area contributed by atoms with E-state index in [-0.39, 0.29) is 30.0 Å². The van der Waals surface area contributed by atoms with Crippen LogP contribution in [0, 0.1) is 11.2 Å². The monoisotopic (exact) mass is 444 g/mol. The van der Waals surface area contributed by atoms with Crippen molar-refractivity contribution in [1.29, 1.82) is 0 Å². The zero-order valence-corrected chi connectivity index (χ0v) is 18.1. The number of carbonyl (C=O) groups is 3. The molecule has 1 fully saturated rings. The Morgan fingerprint density at radius 1 is 1.25 bits per heavy atom. The van der Waals surface area contributed by atoms with Gasteiger partial charge < -0.3 is 10.4 Å². The molecule has 1 aromatic carbocycles. The lowest BCUT2D eigenvalue weighted by molar-refractivity contribution is -0.138. The first-order valence-corrected chi connectivity index (χ1v) is 10.9. The summed E-state index contributed by atoms with van der Waals surface area (Å²) in [5, 5.41) is 18.7. The van der Waals surface area contributed by atoms with Gasteiger partial charge in [0.15, 0.2) is 0 Å². The van der Waals surface area contributed by atoms with Crippen molar-refractivity contribution in [3.8, 4) is 0 Å². The molecule has 1 atom stereocenters. The molecule has 0 aliphatic heterocycles. The van der Waals surface area contributed by atoms with E-state index in [0.717, 1.165) is 36.1 Å². The summed E-state index contributed by atoms with van der Waals surface area (Å²) in [5.74, 6) is -1.71. The standard InChI is InChI=1S/C23H29FN4O4/c1-2-3-5-18(20(29)21(30)26-19-10-13-25-27-19)28(22(31)32)15-23(11-4-12-23)14-16-6-8-17(24)9-7-16/h6-10,13,18H,2-5,11-12,14-15H2,1H3,(H,31,32)(H2,25,26,27,30)/t18-/m0/s1. The number of nitrogens with zero attached hydrogens (tertiary/aromatic N) is 2. The first kappa shape index (κ1) is 23.4. The summed E-state index contributed by atoms with van der Waals surface area (Å²) in [6, 6.07) is 6.64. The minimum atomic E-state index is -1.22. The van der Waals surface area contributed by atoms with Crippen molar-refractivity contribution in [2.24, 2.45) is 5.41 Å². The number of unbranched alkanes of at least 4 members (excludes halogenated alkanes) is 1. The van der Waals surface area contributed by atoms with Gasteiger partial charge in [0.2, 0.25) is 5.78 Å². The fourth-order valence-electron chi connectivity index (χ4n) is 4.26. The molecule has 1 heterocycles. The van der Waals surface area contributed by atoms with Crippen LogP contribution in [-0.4, -0.2) is 50.6 Å². The molecule has 0 radical (unpaired) electrons. The van der Waals surface area contributed by atoms with Crippen LogP contribution in [0.25, 0.3) is 0 Å². The van der Waals surface area contributed by atoms with Crippen molar-refractivity contribution >= 4 is 23.6 Å². The Morgan fingerprint density at radius 2 is 1.97 bits per heavy atom. The molecular weight excluding hydrogens is 415 g/mol. The van der Waals surface area contributed by atoms with Crippen LogP contribution < -0.4 is 5.32 Å². The molecule has 32 heavy (non-hydrogen) atoms. The third kappa shape index (κ3) is 5.72. The van der Waals surface area contributed by atoms with Gasteiger partial charge in [-0.15, -0.1) is 0 Å². The van der Waals surface area contributed by atoms with Crippen LogP contribution in [-0.2, 0) is 16.0 Å². The lowest BCUT2D eigenvalue weighted by Crippen LogP contribution is -2.54. The zero-order valence-electron chi connectivity index (χ0n) is 18.1. The van der Waals surface area contributed by atoms with Gasteiger partial charge in [-0.1, -0.05) is 38.3 Å². The second-order valence-corrected chi connectivity index (χ2v) is 8.51. The van der Waals surface area contributed by atoms with Crippen LogP contribution in [0.3, 0.4) is 0 Å². The van der Waals surface area contributed by atoms with Crippen LogP contribution in [0.5, 0.6) is 0 Å². The molecule has 3 rings (SSSR count). The van der Waals surface area contributed by atoms with Crippen molar-refractivity contribution in [1.82, 2.24) is 15.1 Å². The van der Waals surface area contributed by atoms with E-state index in [1.54, 1.807) is 12.1 Å². The molecule has 0 spiro atoms. The van der Waals surface area contributed by atoms with Crippen molar-refractivity contribution in [3.05, 3.63) is 47.9 Å². The molecule has 0 unspecified atom stereocenters. The normalized spacial score (nSPS) is 15.4. The summed E-state index contributed by atoms with van der Waals surface area (Å²) in [6.45, 7) is 2.09. The number of benzene rings is 1. The fraction of sp³-hybridized carbons (Fsp3) is 0.478. The fourth-order valence-corrected chi connectivity index (χ4v) is 4.26. The van der Waals surface area contributed by atoms with E-state index >= 15 is 0 Å². The molecule has 3 N–H and O–H groups in total. The molecule has 1 aliphatic rings. The Labute approximate surface area is 186 Å².